The second-order valence-electron chi connectivity index (χ2n) is 2.50. The number of nitrogens with one attached hydrogen (secondary N) is 1. The van der Waals surface area contributed by atoms with Crippen molar-refractivity contribution in [3.63, 3.8) is 0 Å². The number of halogens is 1. The minimum Gasteiger partial charge on any atom is -0.366 e. The third-order valence-electron chi connectivity index (χ3n) is 1.64. The van der Waals surface area contributed by atoms with Gasteiger partial charge >= 0.3 is 0 Å². The summed E-state index contributed by atoms with van der Waals surface area (Å²) in [4.78, 5) is 21.9. The lowest BCUT2D eigenvalue weighted by molar-refractivity contribution is 0.0932. The van der Waals surface area contributed by atoms with Crippen molar-refractivity contribution in [1.82, 2.24) is 5.43 Å². The van der Waals surface area contributed by atoms with Gasteiger partial charge in [-0.3, -0.25) is 15.0 Å². The van der Waals surface area contributed by atoms with Crippen LogP contribution >= 0.6 is 0 Å². The molecule has 1 aromatic carbocycles. The lowest BCUT2D eigenvalue weighted by Crippen LogP contribution is -2.33. The molecular formula is C8H8FN3O2. The zero-order chi connectivity index (χ0) is 10.7. The molecule has 0 aliphatic carbocycles. The highest BCUT2D eigenvalue weighted by Crippen LogP contribution is 2.12. The van der Waals surface area contributed by atoms with Crippen LogP contribution in [0.25, 0.3) is 0 Å². The third-order valence-corrected chi connectivity index (χ3v) is 1.64. The van der Waals surface area contributed by atoms with E-state index in [1.54, 1.807) is 5.43 Å². The van der Waals surface area contributed by atoms with Crippen molar-refractivity contribution < 1.29 is 14.0 Å². The van der Waals surface area contributed by atoms with Crippen molar-refractivity contribution >= 4 is 11.8 Å². The molecule has 0 saturated heterocycles. The van der Waals surface area contributed by atoms with Crippen LogP contribution in [0.4, 0.5) is 4.39 Å². The van der Waals surface area contributed by atoms with Gasteiger partial charge in [-0.25, -0.2) is 10.2 Å². The van der Waals surface area contributed by atoms with Gasteiger partial charge in [-0.2, -0.15) is 0 Å². The first-order valence-electron chi connectivity index (χ1n) is 3.67. The Kier molecular flexibility index (Phi) is 2.78. The molecule has 0 aliphatic rings. The van der Waals surface area contributed by atoms with Gasteiger partial charge in [0.2, 0.25) is 5.91 Å². The van der Waals surface area contributed by atoms with E-state index in [1.165, 1.54) is 12.1 Å². The average Bonchev–Trinajstić information content (AvgIpc) is 2.16. The number of benzene rings is 1. The van der Waals surface area contributed by atoms with Crippen LogP contribution in [0.15, 0.2) is 18.2 Å². The second kappa shape index (κ2) is 3.84. The highest BCUT2D eigenvalue weighted by molar-refractivity contribution is 6.06. The van der Waals surface area contributed by atoms with Crippen LogP contribution in [-0.4, -0.2) is 11.8 Å². The molecule has 0 unspecified atom stereocenters. The van der Waals surface area contributed by atoms with E-state index in [9.17, 15) is 14.0 Å². The van der Waals surface area contributed by atoms with E-state index < -0.39 is 23.2 Å². The fourth-order valence-electron chi connectivity index (χ4n) is 1.03. The Hall–Kier alpha value is -1.95. The van der Waals surface area contributed by atoms with Crippen molar-refractivity contribution in [2.45, 2.75) is 0 Å². The number of nitrogens with two attached hydrogens (primary N) is 2. The standard InChI is InChI=1S/C8H8FN3O2/c9-5-3-1-2-4(7(10)13)6(5)8(14)12-11/h1-3H,11H2,(H2,10,13)(H,12,14). The van der Waals surface area contributed by atoms with E-state index >= 15 is 0 Å². The Labute approximate surface area is 78.8 Å². The maximum Gasteiger partial charge on any atom is 0.268 e. The van der Waals surface area contributed by atoms with Gasteiger partial charge in [0, 0.05) is 0 Å². The summed E-state index contributed by atoms with van der Waals surface area (Å²) in [5, 5.41) is 0. The molecule has 0 aliphatic heterocycles. The number of rotatable bonds is 2. The summed E-state index contributed by atoms with van der Waals surface area (Å²) >= 11 is 0. The third kappa shape index (κ3) is 1.69. The van der Waals surface area contributed by atoms with Gasteiger partial charge in [0.25, 0.3) is 5.91 Å². The summed E-state index contributed by atoms with van der Waals surface area (Å²) in [6, 6.07) is 3.57. The number of hydrogen-bond acceptors (Lipinski definition) is 3. The maximum absolute atomic E-state index is 13.1. The summed E-state index contributed by atoms with van der Waals surface area (Å²) < 4.78 is 13.1. The molecular weight excluding hydrogens is 189 g/mol. The van der Waals surface area contributed by atoms with Gasteiger partial charge in [0.1, 0.15) is 5.82 Å². The van der Waals surface area contributed by atoms with E-state index in [1.807, 2.05) is 0 Å². The molecule has 5 nitrogen and oxygen atoms in total. The van der Waals surface area contributed by atoms with E-state index in [2.05, 4.69) is 0 Å². The number of amides is 2. The lowest BCUT2D eigenvalue weighted by Gasteiger charge is -2.05. The minimum absolute atomic E-state index is 0.201. The van der Waals surface area contributed by atoms with Crippen LogP contribution in [0.5, 0.6) is 0 Å². The Balaban J connectivity index is 3.36. The van der Waals surface area contributed by atoms with Crippen LogP contribution in [0.2, 0.25) is 0 Å². The molecule has 5 N–H and O–H groups in total. The number of hydrogen-bond donors (Lipinski definition) is 3. The summed E-state index contributed by atoms with van der Waals surface area (Å²) in [6.45, 7) is 0. The van der Waals surface area contributed by atoms with Gasteiger partial charge in [-0.15, -0.1) is 0 Å². The van der Waals surface area contributed by atoms with E-state index in [0.717, 1.165) is 6.07 Å². The molecule has 0 saturated carbocycles. The number of hydrazine groups is 1. The first kappa shape index (κ1) is 10.1. The molecule has 6 heteroatoms. The maximum atomic E-state index is 13.1. The number of carbonyl (C=O) groups excluding carboxylic acids is 2. The topological polar surface area (TPSA) is 98.2 Å². The van der Waals surface area contributed by atoms with Crippen LogP contribution in [-0.2, 0) is 0 Å². The van der Waals surface area contributed by atoms with Gasteiger partial charge in [0.15, 0.2) is 0 Å². The molecule has 0 heterocycles. The van der Waals surface area contributed by atoms with Gasteiger partial charge in [0.05, 0.1) is 11.1 Å². The second-order valence-corrected chi connectivity index (χ2v) is 2.50. The largest absolute Gasteiger partial charge is 0.366 e. The first-order chi connectivity index (χ1) is 6.57. The smallest absolute Gasteiger partial charge is 0.268 e. The van der Waals surface area contributed by atoms with Crippen LogP contribution in [0.3, 0.4) is 0 Å². The number of primary amides is 1. The zero-order valence-corrected chi connectivity index (χ0v) is 7.08. The predicted molar refractivity (Wildman–Crippen MR) is 46.6 cm³/mol. The highest BCUT2D eigenvalue weighted by Gasteiger charge is 2.18. The lowest BCUT2D eigenvalue weighted by atomic mass is 10.1. The highest BCUT2D eigenvalue weighted by atomic mass is 19.1. The summed E-state index contributed by atoms with van der Waals surface area (Å²) in [5.41, 5.74) is 6.04. The number of nitrogen functional groups attached to an aromatic ring is 1. The van der Waals surface area contributed by atoms with Gasteiger partial charge in [-0.1, -0.05) is 6.07 Å². The first-order valence-corrected chi connectivity index (χ1v) is 3.67. The molecule has 74 valence electrons. The Bertz CT molecular complexity index is 392. The van der Waals surface area contributed by atoms with Crippen LogP contribution < -0.4 is 17.0 Å². The van der Waals surface area contributed by atoms with Crippen molar-refractivity contribution in [1.29, 1.82) is 0 Å². The Morgan fingerprint density at radius 1 is 1.36 bits per heavy atom. The molecule has 0 atom stereocenters. The molecule has 0 radical (unpaired) electrons. The molecule has 0 aromatic heterocycles. The van der Waals surface area contributed by atoms with E-state index in [4.69, 9.17) is 11.6 Å². The SMILES string of the molecule is NNC(=O)c1c(F)cccc1C(N)=O. The summed E-state index contributed by atoms with van der Waals surface area (Å²) in [6.07, 6.45) is 0. The van der Waals surface area contributed by atoms with Crippen molar-refractivity contribution in [2.75, 3.05) is 0 Å². The Morgan fingerprint density at radius 2 is 2.00 bits per heavy atom. The quantitative estimate of drug-likeness (QED) is 0.339. The molecule has 1 rings (SSSR count). The fourth-order valence-corrected chi connectivity index (χ4v) is 1.03. The Morgan fingerprint density at radius 3 is 2.50 bits per heavy atom. The molecule has 0 bridgehead atoms. The van der Waals surface area contributed by atoms with Crippen molar-refractivity contribution in [3.8, 4) is 0 Å². The van der Waals surface area contributed by atoms with Gasteiger partial charge < -0.3 is 5.73 Å². The van der Waals surface area contributed by atoms with Crippen molar-refractivity contribution in [3.05, 3.63) is 35.1 Å². The molecule has 0 spiro atoms. The average molecular weight is 197 g/mol. The molecule has 0 fully saturated rings. The van der Waals surface area contributed by atoms with Crippen LogP contribution in [0, 0.1) is 5.82 Å². The minimum atomic E-state index is -0.892. The van der Waals surface area contributed by atoms with Crippen LogP contribution in [0.1, 0.15) is 20.7 Å². The zero-order valence-electron chi connectivity index (χ0n) is 7.08. The van der Waals surface area contributed by atoms with Crippen molar-refractivity contribution in [2.24, 2.45) is 11.6 Å². The van der Waals surface area contributed by atoms with E-state index in [0.29, 0.717) is 0 Å². The predicted octanol–water partition coefficient (Wildman–Crippen LogP) is -0.472. The monoisotopic (exact) mass is 197 g/mol. The summed E-state index contributed by atoms with van der Waals surface area (Å²) in [7, 11) is 0. The van der Waals surface area contributed by atoms with E-state index in [-0.39, 0.29) is 5.56 Å². The van der Waals surface area contributed by atoms with Gasteiger partial charge in [-0.05, 0) is 12.1 Å². The summed E-state index contributed by atoms with van der Waals surface area (Å²) in [5.74, 6) is 2.20. The fraction of sp³-hybridized carbons (Fsp3) is 0. The molecule has 1 aromatic rings. The normalized spacial score (nSPS) is 9.57. The number of carbonyl (C=O) groups is 2. The molecule has 14 heavy (non-hydrogen) atoms. The molecule has 2 amide bonds.